The second-order valence-electron chi connectivity index (χ2n) is 3.51. The first-order chi connectivity index (χ1) is 7.81. The first kappa shape index (κ1) is 13.3. The lowest BCUT2D eigenvalue weighted by Crippen LogP contribution is -2.16. The van der Waals surface area contributed by atoms with Crippen molar-refractivity contribution in [2.75, 3.05) is 25.2 Å². The van der Waals surface area contributed by atoms with E-state index in [0.29, 0.717) is 0 Å². The number of anilines is 1. The van der Waals surface area contributed by atoms with Gasteiger partial charge in [-0.2, -0.15) is 0 Å². The van der Waals surface area contributed by atoms with Gasteiger partial charge in [0.2, 0.25) is 0 Å². The molecule has 90 valence electrons. The summed E-state index contributed by atoms with van der Waals surface area (Å²) < 4.78 is 0. The van der Waals surface area contributed by atoms with Gasteiger partial charge in [0, 0.05) is 25.4 Å². The molecule has 0 aromatic carbocycles. The van der Waals surface area contributed by atoms with Crippen LogP contribution in [0.5, 0.6) is 0 Å². The number of thioether (sulfide) groups is 1. The van der Waals surface area contributed by atoms with Crippen molar-refractivity contribution >= 4 is 17.6 Å². The van der Waals surface area contributed by atoms with Crippen LogP contribution >= 0.6 is 11.8 Å². The van der Waals surface area contributed by atoms with Gasteiger partial charge in [-0.25, -0.2) is 9.97 Å². The summed E-state index contributed by atoms with van der Waals surface area (Å²) in [6.45, 7) is 4.06. The zero-order valence-electron chi connectivity index (χ0n) is 10.2. The van der Waals surface area contributed by atoms with Gasteiger partial charge in [0.1, 0.15) is 5.82 Å². The highest BCUT2D eigenvalue weighted by Gasteiger charge is 2.04. The molecule has 0 radical (unpaired) electrons. The van der Waals surface area contributed by atoms with E-state index in [1.165, 1.54) is 12.8 Å². The fourth-order valence-corrected chi connectivity index (χ4v) is 1.70. The van der Waals surface area contributed by atoms with Crippen LogP contribution in [0.2, 0.25) is 0 Å². The molecule has 0 spiro atoms. The Labute approximate surface area is 102 Å². The zero-order valence-corrected chi connectivity index (χ0v) is 11.0. The van der Waals surface area contributed by atoms with Crippen molar-refractivity contribution in [1.82, 2.24) is 15.3 Å². The molecule has 0 unspecified atom stereocenters. The van der Waals surface area contributed by atoms with E-state index in [9.17, 15) is 0 Å². The van der Waals surface area contributed by atoms with E-state index in [-0.39, 0.29) is 0 Å². The maximum atomic E-state index is 4.41. The van der Waals surface area contributed by atoms with Crippen molar-refractivity contribution in [3.05, 3.63) is 11.8 Å². The number of nitrogens with zero attached hydrogens (tertiary/aromatic N) is 2. The molecule has 0 saturated carbocycles. The van der Waals surface area contributed by atoms with E-state index in [0.717, 1.165) is 29.6 Å². The Bertz CT molecular complexity index is 317. The first-order valence-electron chi connectivity index (χ1n) is 5.60. The molecule has 4 nitrogen and oxygen atoms in total. The van der Waals surface area contributed by atoms with Crippen LogP contribution in [-0.2, 0) is 6.54 Å². The van der Waals surface area contributed by atoms with Crippen molar-refractivity contribution in [2.45, 2.75) is 31.5 Å². The molecule has 0 fully saturated rings. The summed E-state index contributed by atoms with van der Waals surface area (Å²) >= 11 is 1.56. The maximum Gasteiger partial charge on any atom is 0.189 e. The van der Waals surface area contributed by atoms with Crippen molar-refractivity contribution < 1.29 is 0 Å². The fourth-order valence-electron chi connectivity index (χ4n) is 1.36. The minimum absolute atomic E-state index is 0.807. The van der Waals surface area contributed by atoms with Gasteiger partial charge in [0.15, 0.2) is 5.16 Å². The number of hydrogen-bond acceptors (Lipinski definition) is 5. The summed E-state index contributed by atoms with van der Waals surface area (Å²) in [5.74, 6) is 0.920. The van der Waals surface area contributed by atoms with Crippen LogP contribution in [-0.4, -0.2) is 29.8 Å². The van der Waals surface area contributed by atoms with E-state index in [1.54, 1.807) is 11.8 Å². The quantitative estimate of drug-likeness (QED) is 0.434. The Morgan fingerprint density at radius 1 is 1.44 bits per heavy atom. The summed E-state index contributed by atoms with van der Waals surface area (Å²) in [4.78, 5) is 8.69. The molecular formula is C11H20N4S. The predicted octanol–water partition coefficient (Wildman–Crippen LogP) is 2.13. The van der Waals surface area contributed by atoms with Crippen LogP contribution < -0.4 is 10.6 Å². The number of rotatable bonds is 7. The summed E-state index contributed by atoms with van der Waals surface area (Å²) in [6.07, 6.45) is 6.30. The molecule has 2 N–H and O–H groups in total. The standard InChI is InChI=1S/C11H20N4S/c1-4-5-6-13-7-9-8-14-11(16-3)15-10(9)12-2/h8,13H,4-7H2,1-3H3,(H,12,14,15). The van der Waals surface area contributed by atoms with Crippen LogP contribution in [0.15, 0.2) is 11.4 Å². The lowest BCUT2D eigenvalue weighted by atomic mass is 10.3. The van der Waals surface area contributed by atoms with Crippen LogP contribution in [0.3, 0.4) is 0 Å². The number of hydrogen-bond donors (Lipinski definition) is 2. The van der Waals surface area contributed by atoms with E-state index >= 15 is 0 Å². The zero-order chi connectivity index (χ0) is 11.8. The molecule has 0 saturated heterocycles. The normalized spacial score (nSPS) is 10.4. The Kier molecular flexibility index (Phi) is 6.18. The monoisotopic (exact) mass is 240 g/mol. The average Bonchev–Trinajstić information content (AvgIpc) is 2.34. The minimum Gasteiger partial charge on any atom is -0.373 e. The van der Waals surface area contributed by atoms with Gasteiger partial charge in [-0.1, -0.05) is 25.1 Å². The van der Waals surface area contributed by atoms with Crippen LogP contribution in [0.4, 0.5) is 5.82 Å². The number of unbranched alkanes of at least 4 members (excludes halogenated alkanes) is 1. The highest BCUT2D eigenvalue weighted by Crippen LogP contribution is 2.15. The molecule has 1 aromatic heterocycles. The van der Waals surface area contributed by atoms with Crippen LogP contribution in [0.1, 0.15) is 25.3 Å². The fraction of sp³-hybridized carbons (Fsp3) is 0.636. The Morgan fingerprint density at radius 2 is 2.25 bits per heavy atom. The molecule has 0 atom stereocenters. The van der Waals surface area contributed by atoms with Crippen molar-refractivity contribution in [3.63, 3.8) is 0 Å². The Morgan fingerprint density at radius 3 is 2.88 bits per heavy atom. The smallest absolute Gasteiger partial charge is 0.189 e. The SMILES string of the molecule is CCCCNCc1cnc(SC)nc1NC. The minimum atomic E-state index is 0.807. The van der Waals surface area contributed by atoms with Gasteiger partial charge in [-0.3, -0.25) is 0 Å². The predicted molar refractivity (Wildman–Crippen MR) is 70.0 cm³/mol. The Hall–Kier alpha value is -0.810. The van der Waals surface area contributed by atoms with E-state index in [4.69, 9.17) is 0 Å². The molecule has 0 aliphatic carbocycles. The number of aromatic nitrogens is 2. The maximum absolute atomic E-state index is 4.41. The highest BCUT2D eigenvalue weighted by atomic mass is 32.2. The van der Waals surface area contributed by atoms with E-state index in [2.05, 4.69) is 27.5 Å². The third-order valence-corrected chi connectivity index (χ3v) is 2.85. The second kappa shape index (κ2) is 7.46. The molecule has 1 aromatic rings. The first-order valence-corrected chi connectivity index (χ1v) is 6.82. The molecule has 0 amide bonds. The van der Waals surface area contributed by atoms with Crippen molar-refractivity contribution in [2.24, 2.45) is 0 Å². The van der Waals surface area contributed by atoms with Crippen molar-refractivity contribution in [3.8, 4) is 0 Å². The Balaban J connectivity index is 2.57. The third-order valence-electron chi connectivity index (χ3n) is 2.28. The number of nitrogens with one attached hydrogen (secondary N) is 2. The van der Waals surface area contributed by atoms with Gasteiger partial charge >= 0.3 is 0 Å². The molecule has 0 bridgehead atoms. The van der Waals surface area contributed by atoms with Crippen molar-refractivity contribution in [1.29, 1.82) is 0 Å². The second-order valence-corrected chi connectivity index (χ2v) is 4.28. The summed E-state index contributed by atoms with van der Waals surface area (Å²) in [5.41, 5.74) is 1.12. The average molecular weight is 240 g/mol. The largest absolute Gasteiger partial charge is 0.373 e. The topological polar surface area (TPSA) is 49.8 Å². The lowest BCUT2D eigenvalue weighted by molar-refractivity contribution is 0.638. The lowest BCUT2D eigenvalue weighted by Gasteiger charge is -2.09. The summed E-state index contributed by atoms with van der Waals surface area (Å²) in [6, 6.07) is 0. The van der Waals surface area contributed by atoms with Crippen LogP contribution in [0, 0.1) is 0 Å². The molecule has 16 heavy (non-hydrogen) atoms. The highest BCUT2D eigenvalue weighted by molar-refractivity contribution is 7.98. The van der Waals surface area contributed by atoms with Crippen LogP contribution in [0.25, 0.3) is 0 Å². The molecule has 0 aliphatic heterocycles. The summed E-state index contributed by atoms with van der Waals surface area (Å²) in [7, 11) is 1.89. The third kappa shape index (κ3) is 3.98. The molecule has 0 aliphatic rings. The van der Waals surface area contributed by atoms with Gasteiger partial charge < -0.3 is 10.6 Å². The van der Waals surface area contributed by atoms with Gasteiger partial charge in [-0.15, -0.1) is 0 Å². The van der Waals surface area contributed by atoms with E-state index < -0.39 is 0 Å². The molecule has 5 heteroatoms. The molecule has 1 heterocycles. The van der Waals surface area contributed by atoms with Gasteiger partial charge in [0.05, 0.1) is 0 Å². The van der Waals surface area contributed by atoms with E-state index in [1.807, 2.05) is 19.5 Å². The molecular weight excluding hydrogens is 220 g/mol. The van der Waals surface area contributed by atoms with Gasteiger partial charge in [-0.05, 0) is 19.2 Å². The molecule has 1 rings (SSSR count). The van der Waals surface area contributed by atoms with Gasteiger partial charge in [0.25, 0.3) is 0 Å². The summed E-state index contributed by atoms with van der Waals surface area (Å²) in [5, 5.41) is 7.30.